The van der Waals surface area contributed by atoms with Crippen molar-refractivity contribution in [3.63, 3.8) is 0 Å². The van der Waals surface area contributed by atoms with Crippen LogP contribution < -0.4 is 5.32 Å². The molecule has 0 aliphatic heterocycles. The molecule has 1 N–H and O–H groups in total. The third kappa shape index (κ3) is 5.60. The maximum atomic E-state index is 12.6. The zero-order chi connectivity index (χ0) is 19.1. The number of carbonyl (C=O) groups is 1. The summed E-state index contributed by atoms with van der Waals surface area (Å²) in [6, 6.07) is 18.0. The van der Waals surface area contributed by atoms with Crippen molar-refractivity contribution < 1.29 is 4.79 Å². The average molecular weight is 459 g/mol. The van der Waals surface area contributed by atoms with E-state index in [4.69, 9.17) is 0 Å². The second-order valence-corrected chi connectivity index (χ2v) is 7.57. The van der Waals surface area contributed by atoms with Crippen LogP contribution in [0.1, 0.15) is 25.0 Å². The molecule has 5 heteroatoms. The Morgan fingerprint density at radius 1 is 1.27 bits per heavy atom. The summed E-state index contributed by atoms with van der Waals surface area (Å²) in [6.07, 6.45) is 1.65. The minimum absolute atomic E-state index is 0.0904. The second kappa shape index (κ2) is 9.39. The summed E-state index contributed by atoms with van der Waals surface area (Å²) in [7, 11) is 0. The van der Waals surface area contributed by atoms with Gasteiger partial charge in [-0.25, -0.2) is 0 Å². The molecule has 0 aromatic heterocycles. The molecular weight excluding hydrogens is 437 g/mol. The van der Waals surface area contributed by atoms with E-state index in [0.29, 0.717) is 6.54 Å². The fourth-order valence-electron chi connectivity index (χ4n) is 2.43. The van der Waals surface area contributed by atoms with Crippen LogP contribution in [0.5, 0.6) is 0 Å². The fourth-order valence-corrected chi connectivity index (χ4v) is 3.08. The molecule has 0 fully saturated rings. The van der Waals surface area contributed by atoms with Crippen molar-refractivity contribution in [3.8, 4) is 6.07 Å². The van der Waals surface area contributed by atoms with Gasteiger partial charge in [0.2, 0.25) is 0 Å². The maximum absolute atomic E-state index is 12.6. The molecule has 4 nitrogen and oxygen atoms in total. The molecule has 0 aliphatic rings. The van der Waals surface area contributed by atoms with E-state index in [-0.39, 0.29) is 11.6 Å². The zero-order valence-electron chi connectivity index (χ0n) is 15.2. The molecule has 0 unspecified atom stereocenters. The third-order valence-electron chi connectivity index (χ3n) is 3.97. The van der Waals surface area contributed by atoms with E-state index in [1.54, 1.807) is 6.20 Å². The lowest BCUT2D eigenvalue weighted by molar-refractivity contribution is -0.112. The first-order valence-electron chi connectivity index (χ1n) is 8.39. The Labute approximate surface area is 168 Å². The first-order chi connectivity index (χ1) is 12.4. The van der Waals surface area contributed by atoms with Gasteiger partial charge in [0, 0.05) is 28.0 Å². The molecule has 0 spiro atoms. The van der Waals surface area contributed by atoms with Crippen molar-refractivity contribution in [1.82, 2.24) is 4.90 Å². The number of amides is 1. The SMILES string of the molecule is Cc1cc(I)ccc1NC(=O)/C(C#N)=C\N(Cc1ccccc1)C(C)C. The predicted molar refractivity (Wildman–Crippen MR) is 113 cm³/mol. The highest BCUT2D eigenvalue weighted by molar-refractivity contribution is 14.1. The molecule has 0 atom stereocenters. The van der Waals surface area contributed by atoms with Crippen molar-refractivity contribution >= 4 is 34.2 Å². The van der Waals surface area contributed by atoms with Gasteiger partial charge in [-0.1, -0.05) is 30.3 Å². The van der Waals surface area contributed by atoms with E-state index < -0.39 is 5.91 Å². The summed E-state index contributed by atoms with van der Waals surface area (Å²) < 4.78 is 1.10. The quantitative estimate of drug-likeness (QED) is 0.382. The Morgan fingerprint density at radius 3 is 2.54 bits per heavy atom. The largest absolute Gasteiger partial charge is 0.369 e. The van der Waals surface area contributed by atoms with Crippen LogP contribution >= 0.6 is 22.6 Å². The molecule has 0 saturated carbocycles. The third-order valence-corrected chi connectivity index (χ3v) is 4.64. The van der Waals surface area contributed by atoms with Crippen LogP contribution in [0.25, 0.3) is 0 Å². The number of rotatable bonds is 6. The fraction of sp³-hybridized carbons (Fsp3) is 0.238. The Kier molecular flexibility index (Phi) is 7.22. The van der Waals surface area contributed by atoms with Crippen LogP contribution in [0.4, 0.5) is 5.69 Å². The molecule has 2 aromatic carbocycles. The number of nitriles is 1. The first-order valence-corrected chi connectivity index (χ1v) is 9.47. The van der Waals surface area contributed by atoms with Gasteiger partial charge in [0.15, 0.2) is 0 Å². The number of anilines is 1. The number of hydrogen-bond donors (Lipinski definition) is 1. The number of carbonyl (C=O) groups excluding carboxylic acids is 1. The monoisotopic (exact) mass is 459 g/mol. The molecule has 2 aromatic rings. The normalized spacial score (nSPS) is 11.2. The van der Waals surface area contributed by atoms with E-state index in [2.05, 4.69) is 27.9 Å². The molecule has 1 amide bonds. The molecule has 2 rings (SSSR count). The van der Waals surface area contributed by atoms with Crippen molar-refractivity contribution in [2.75, 3.05) is 5.32 Å². The number of aryl methyl sites for hydroxylation is 1. The summed E-state index contributed by atoms with van der Waals surface area (Å²) in [5, 5.41) is 12.3. The van der Waals surface area contributed by atoms with Gasteiger partial charge in [-0.05, 0) is 72.7 Å². The predicted octanol–water partition coefficient (Wildman–Crippen LogP) is 4.86. The highest BCUT2D eigenvalue weighted by Crippen LogP contribution is 2.19. The molecule has 0 aliphatic carbocycles. The van der Waals surface area contributed by atoms with Gasteiger partial charge in [-0.3, -0.25) is 4.79 Å². The summed E-state index contributed by atoms with van der Waals surface area (Å²) in [5.74, 6) is -0.393. The van der Waals surface area contributed by atoms with Gasteiger partial charge < -0.3 is 10.2 Å². The summed E-state index contributed by atoms with van der Waals surface area (Å²) in [4.78, 5) is 14.6. The molecule has 0 radical (unpaired) electrons. The maximum Gasteiger partial charge on any atom is 0.267 e. The van der Waals surface area contributed by atoms with E-state index >= 15 is 0 Å². The molecule has 26 heavy (non-hydrogen) atoms. The van der Waals surface area contributed by atoms with E-state index in [1.165, 1.54) is 0 Å². The van der Waals surface area contributed by atoms with Crippen molar-refractivity contribution in [2.45, 2.75) is 33.4 Å². The molecule has 134 valence electrons. The zero-order valence-corrected chi connectivity index (χ0v) is 17.3. The highest BCUT2D eigenvalue weighted by atomic mass is 127. The van der Waals surface area contributed by atoms with Gasteiger partial charge in [-0.15, -0.1) is 0 Å². The van der Waals surface area contributed by atoms with Crippen LogP contribution in [0.2, 0.25) is 0 Å². The minimum atomic E-state index is -0.393. The van der Waals surface area contributed by atoms with Crippen molar-refractivity contribution in [2.24, 2.45) is 0 Å². The summed E-state index contributed by atoms with van der Waals surface area (Å²) >= 11 is 2.23. The van der Waals surface area contributed by atoms with Gasteiger partial charge in [-0.2, -0.15) is 5.26 Å². The second-order valence-electron chi connectivity index (χ2n) is 6.32. The Morgan fingerprint density at radius 2 is 1.96 bits per heavy atom. The van der Waals surface area contributed by atoms with Crippen LogP contribution in [0.3, 0.4) is 0 Å². The van der Waals surface area contributed by atoms with E-state index in [1.807, 2.05) is 80.3 Å². The van der Waals surface area contributed by atoms with E-state index in [0.717, 1.165) is 20.4 Å². The average Bonchev–Trinajstić information content (AvgIpc) is 2.61. The van der Waals surface area contributed by atoms with Gasteiger partial charge in [0.1, 0.15) is 11.6 Å². The van der Waals surface area contributed by atoms with Crippen LogP contribution in [-0.4, -0.2) is 16.8 Å². The molecule has 0 bridgehead atoms. The van der Waals surface area contributed by atoms with Crippen LogP contribution in [0, 0.1) is 21.8 Å². The number of nitrogens with one attached hydrogen (secondary N) is 1. The standard InChI is InChI=1S/C21H22IN3O/c1-15(2)25(13-17-7-5-4-6-8-17)14-18(12-23)21(26)24-20-10-9-19(22)11-16(20)3/h4-11,14-15H,13H2,1-3H3,(H,24,26)/b18-14-. The lowest BCUT2D eigenvalue weighted by Crippen LogP contribution is -2.27. The first kappa shape index (κ1) is 20.0. The van der Waals surface area contributed by atoms with Crippen molar-refractivity contribution in [1.29, 1.82) is 5.26 Å². The van der Waals surface area contributed by atoms with Crippen LogP contribution in [-0.2, 0) is 11.3 Å². The number of halogens is 1. The smallest absolute Gasteiger partial charge is 0.267 e. The van der Waals surface area contributed by atoms with Crippen molar-refractivity contribution in [3.05, 3.63) is 75.0 Å². The molecule has 0 saturated heterocycles. The van der Waals surface area contributed by atoms with Gasteiger partial charge in [0.05, 0.1) is 0 Å². The Hall–Kier alpha value is -2.33. The molecular formula is C21H22IN3O. The molecule has 0 heterocycles. The summed E-state index contributed by atoms with van der Waals surface area (Å²) in [5.41, 5.74) is 2.90. The van der Waals surface area contributed by atoms with E-state index in [9.17, 15) is 10.1 Å². The lowest BCUT2D eigenvalue weighted by Gasteiger charge is -2.25. The topological polar surface area (TPSA) is 56.1 Å². The minimum Gasteiger partial charge on any atom is -0.369 e. The number of benzene rings is 2. The van der Waals surface area contributed by atoms with Gasteiger partial charge in [0.25, 0.3) is 5.91 Å². The van der Waals surface area contributed by atoms with Gasteiger partial charge >= 0.3 is 0 Å². The number of nitrogens with zero attached hydrogens (tertiary/aromatic N) is 2. The lowest BCUT2D eigenvalue weighted by atomic mass is 10.1. The summed E-state index contributed by atoms with van der Waals surface area (Å²) in [6.45, 7) is 6.65. The Bertz CT molecular complexity index is 838. The number of hydrogen-bond acceptors (Lipinski definition) is 3. The Balaban J connectivity index is 2.20. The highest BCUT2D eigenvalue weighted by Gasteiger charge is 2.14. The van der Waals surface area contributed by atoms with Crippen LogP contribution in [0.15, 0.2) is 60.3 Å².